The van der Waals surface area contributed by atoms with E-state index in [1.54, 1.807) is 0 Å². The minimum Gasteiger partial charge on any atom is -0.373 e. The van der Waals surface area contributed by atoms with E-state index in [1.807, 2.05) is 0 Å². The summed E-state index contributed by atoms with van der Waals surface area (Å²) in [5.74, 6) is 0. The molecular weight excluding hydrogens is 174 g/mol. The van der Waals surface area contributed by atoms with Crippen LogP contribution in [-0.2, 0) is 4.74 Å². The van der Waals surface area contributed by atoms with Gasteiger partial charge in [0.25, 0.3) is 0 Å². The lowest BCUT2D eigenvalue weighted by atomic mass is 9.92. The standard InChI is InChI=1S/C12H25NO/c1-12(2,3)14-11-8-6-10(7-9-11)13(4)5/h10-11H,6-9H2,1-5H3. The van der Waals surface area contributed by atoms with Crippen molar-refractivity contribution in [2.24, 2.45) is 0 Å². The Morgan fingerprint density at radius 2 is 1.50 bits per heavy atom. The molecule has 1 saturated carbocycles. The lowest BCUT2D eigenvalue weighted by Gasteiger charge is -2.35. The van der Waals surface area contributed by atoms with Crippen molar-refractivity contribution in [3.05, 3.63) is 0 Å². The zero-order chi connectivity index (χ0) is 10.8. The molecule has 0 aromatic heterocycles. The molecule has 0 atom stereocenters. The van der Waals surface area contributed by atoms with Crippen LogP contribution < -0.4 is 0 Å². The van der Waals surface area contributed by atoms with Crippen LogP contribution >= 0.6 is 0 Å². The largest absolute Gasteiger partial charge is 0.373 e. The Bertz CT molecular complexity index is 164. The first-order valence-electron chi connectivity index (χ1n) is 5.73. The molecule has 0 aliphatic heterocycles. The summed E-state index contributed by atoms with van der Waals surface area (Å²) < 4.78 is 5.99. The van der Waals surface area contributed by atoms with Crippen molar-refractivity contribution in [2.75, 3.05) is 14.1 Å². The second-order valence-electron chi connectivity index (χ2n) is 5.62. The highest BCUT2D eigenvalue weighted by molar-refractivity contribution is 4.78. The lowest BCUT2D eigenvalue weighted by molar-refractivity contribution is -0.0794. The molecule has 0 bridgehead atoms. The number of hydrogen-bond acceptors (Lipinski definition) is 2. The molecule has 1 rings (SSSR count). The number of nitrogens with zero attached hydrogens (tertiary/aromatic N) is 1. The van der Waals surface area contributed by atoms with Crippen molar-refractivity contribution < 1.29 is 4.74 Å². The molecule has 2 nitrogen and oxygen atoms in total. The van der Waals surface area contributed by atoms with Crippen LogP contribution in [0.1, 0.15) is 46.5 Å². The van der Waals surface area contributed by atoms with Gasteiger partial charge < -0.3 is 9.64 Å². The fraction of sp³-hybridized carbons (Fsp3) is 1.00. The van der Waals surface area contributed by atoms with Gasteiger partial charge in [-0.1, -0.05) is 0 Å². The molecule has 2 heteroatoms. The summed E-state index contributed by atoms with van der Waals surface area (Å²) in [6.45, 7) is 6.43. The Kier molecular flexibility index (Phi) is 3.96. The molecular formula is C12H25NO. The van der Waals surface area contributed by atoms with Crippen molar-refractivity contribution in [3.63, 3.8) is 0 Å². The summed E-state index contributed by atoms with van der Waals surface area (Å²) in [4.78, 5) is 2.34. The third-order valence-electron chi connectivity index (χ3n) is 2.89. The summed E-state index contributed by atoms with van der Waals surface area (Å²) >= 11 is 0. The highest BCUT2D eigenvalue weighted by Crippen LogP contribution is 2.26. The highest BCUT2D eigenvalue weighted by atomic mass is 16.5. The van der Waals surface area contributed by atoms with Crippen LogP contribution in [0.25, 0.3) is 0 Å². The van der Waals surface area contributed by atoms with E-state index in [-0.39, 0.29) is 5.60 Å². The zero-order valence-corrected chi connectivity index (χ0v) is 10.3. The first-order chi connectivity index (χ1) is 6.38. The lowest BCUT2D eigenvalue weighted by Crippen LogP contribution is -2.37. The average molecular weight is 199 g/mol. The van der Waals surface area contributed by atoms with E-state index in [1.165, 1.54) is 25.7 Å². The van der Waals surface area contributed by atoms with E-state index in [2.05, 4.69) is 39.8 Å². The van der Waals surface area contributed by atoms with E-state index in [0.29, 0.717) is 6.10 Å². The van der Waals surface area contributed by atoms with Crippen molar-refractivity contribution >= 4 is 0 Å². The predicted octanol–water partition coefficient (Wildman–Crippen LogP) is 2.67. The Labute approximate surface area is 88.6 Å². The van der Waals surface area contributed by atoms with E-state index in [9.17, 15) is 0 Å². The van der Waals surface area contributed by atoms with Gasteiger partial charge in [-0.3, -0.25) is 0 Å². The van der Waals surface area contributed by atoms with Gasteiger partial charge in [0.15, 0.2) is 0 Å². The minimum absolute atomic E-state index is 0.0234. The number of rotatable bonds is 2. The Hall–Kier alpha value is -0.0800. The predicted molar refractivity (Wildman–Crippen MR) is 60.6 cm³/mol. The van der Waals surface area contributed by atoms with Crippen LogP contribution in [0.5, 0.6) is 0 Å². The third kappa shape index (κ3) is 3.97. The summed E-state index contributed by atoms with van der Waals surface area (Å²) in [5, 5.41) is 0. The molecule has 84 valence electrons. The monoisotopic (exact) mass is 199 g/mol. The van der Waals surface area contributed by atoms with E-state index in [0.717, 1.165) is 6.04 Å². The molecule has 1 aliphatic carbocycles. The molecule has 0 heterocycles. The van der Waals surface area contributed by atoms with Crippen molar-refractivity contribution in [2.45, 2.75) is 64.2 Å². The van der Waals surface area contributed by atoms with Gasteiger partial charge in [0.05, 0.1) is 11.7 Å². The maximum absolute atomic E-state index is 5.99. The van der Waals surface area contributed by atoms with Crippen LogP contribution in [0, 0.1) is 0 Å². The van der Waals surface area contributed by atoms with Gasteiger partial charge in [-0.05, 0) is 60.5 Å². The van der Waals surface area contributed by atoms with Crippen LogP contribution in [0.15, 0.2) is 0 Å². The molecule has 0 aromatic rings. The molecule has 0 saturated heterocycles. The second kappa shape index (κ2) is 4.63. The maximum atomic E-state index is 5.99. The van der Waals surface area contributed by atoms with Crippen molar-refractivity contribution in [1.29, 1.82) is 0 Å². The minimum atomic E-state index is 0.0234. The summed E-state index contributed by atoms with van der Waals surface area (Å²) in [5.41, 5.74) is 0.0234. The van der Waals surface area contributed by atoms with E-state index in [4.69, 9.17) is 4.74 Å². The fourth-order valence-corrected chi connectivity index (χ4v) is 2.18. The SMILES string of the molecule is CN(C)C1CCC(OC(C)(C)C)CC1. The Morgan fingerprint density at radius 1 is 1.00 bits per heavy atom. The molecule has 1 aliphatic rings. The average Bonchev–Trinajstić information content (AvgIpc) is 2.02. The van der Waals surface area contributed by atoms with E-state index >= 15 is 0 Å². The highest BCUT2D eigenvalue weighted by Gasteiger charge is 2.25. The molecule has 0 N–H and O–H groups in total. The van der Waals surface area contributed by atoms with Crippen LogP contribution in [0.2, 0.25) is 0 Å². The first kappa shape index (κ1) is 12.0. The quantitative estimate of drug-likeness (QED) is 0.678. The van der Waals surface area contributed by atoms with Gasteiger partial charge in [-0.25, -0.2) is 0 Å². The van der Waals surface area contributed by atoms with Crippen LogP contribution in [0.3, 0.4) is 0 Å². The molecule has 0 aromatic carbocycles. The van der Waals surface area contributed by atoms with Gasteiger partial charge in [0, 0.05) is 6.04 Å². The zero-order valence-electron chi connectivity index (χ0n) is 10.3. The Morgan fingerprint density at radius 3 is 1.86 bits per heavy atom. The molecule has 0 radical (unpaired) electrons. The molecule has 0 unspecified atom stereocenters. The Balaban J connectivity index is 2.29. The second-order valence-corrected chi connectivity index (χ2v) is 5.62. The van der Waals surface area contributed by atoms with Crippen LogP contribution in [-0.4, -0.2) is 36.7 Å². The summed E-state index contributed by atoms with van der Waals surface area (Å²) in [6.07, 6.45) is 5.51. The van der Waals surface area contributed by atoms with Gasteiger partial charge in [0.2, 0.25) is 0 Å². The molecule has 1 fully saturated rings. The first-order valence-corrected chi connectivity index (χ1v) is 5.73. The smallest absolute Gasteiger partial charge is 0.0602 e. The number of ether oxygens (including phenoxy) is 1. The molecule has 0 spiro atoms. The molecule has 0 amide bonds. The molecule has 14 heavy (non-hydrogen) atoms. The third-order valence-corrected chi connectivity index (χ3v) is 2.89. The van der Waals surface area contributed by atoms with Gasteiger partial charge in [-0.2, -0.15) is 0 Å². The van der Waals surface area contributed by atoms with Gasteiger partial charge >= 0.3 is 0 Å². The van der Waals surface area contributed by atoms with Crippen LogP contribution in [0.4, 0.5) is 0 Å². The summed E-state index contributed by atoms with van der Waals surface area (Å²) in [7, 11) is 4.35. The van der Waals surface area contributed by atoms with Gasteiger partial charge in [-0.15, -0.1) is 0 Å². The topological polar surface area (TPSA) is 12.5 Å². The number of hydrogen-bond donors (Lipinski definition) is 0. The fourth-order valence-electron chi connectivity index (χ4n) is 2.18. The van der Waals surface area contributed by atoms with Crippen molar-refractivity contribution in [1.82, 2.24) is 4.90 Å². The van der Waals surface area contributed by atoms with E-state index < -0.39 is 0 Å². The van der Waals surface area contributed by atoms with Gasteiger partial charge in [0.1, 0.15) is 0 Å². The normalized spacial score (nSPS) is 29.6. The summed E-state index contributed by atoms with van der Waals surface area (Å²) in [6, 6.07) is 0.773. The maximum Gasteiger partial charge on any atom is 0.0602 e. The van der Waals surface area contributed by atoms with Crippen molar-refractivity contribution in [3.8, 4) is 0 Å².